The van der Waals surface area contributed by atoms with E-state index in [1.54, 1.807) is 0 Å². The first-order chi connectivity index (χ1) is 9.52. The minimum atomic E-state index is 0.0566. The number of aromatic amines is 1. The number of aromatic nitrogens is 2. The van der Waals surface area contributed by atoms with Crippen molar-refractivity contribution in [2.75, 3.05) is 5.32 Å². The molecule has 20 heavy (non-hydrogen) atoms. The number of hydrogen-bond acceptors (Lipinski definition) is 2. The topological polar surface area (TPSA) is 40.7 Å². The highest BCUT2D eigenvalue weighted by atomic mass is 15.0. The smallest absolute Gasteiger partial charge is 0.130 e. The Morgan fingerprint density at radius 1 is 1.05 bits per heavy atom. The van der Waals surface area contributed by atoms with Gasteiger partial charge in [-0.05, 0) is 35.7 Å². The van der Waals surface area contributed by atoms with E-state index in [1.165, 1.54) is 5.39 Å². The Morgan fingerprint density at radius 3 is 2.70 bits per heavy atom. The number of anilines is 2. The average Bonchev–Trinajstić information content (AvgIpc) is 2.85. The van der Waals surface area contributed by atoms with Gasteiger partial charge in [-0.1, -0.05) is 32.9 Å². The van der Waals surface area contributed by atoms with Crippen molar-refractivity contribution in [3.8, 4) is 0 Å². The molecule has 2 aromatic heterocycles. The number of H-pyrrole nitrogens is 1. The maximum absolute atomic E-state index is 4.69. The summed E-state index contributed by atoms with van der Waals surface area (Å²) in [6.07, 6.45) is 1.95. The van der Waals surface area contributed by atoms with Crippen molar-refractivity contribution in [1.29, 1.82) is 0 Å². The van der Waals surface area contributed by atoms with E-state index in [1.807, 2.05) is 18.3 Å². The lowest BCUT2D eigenvalue weighted by molar-refractivity contribution is 0.570. The summed E-state index contributed by atoms with van der Waals surface area (Å²) in [4.78, 5) is 7.91. The Kier molecular flexibility index (Phi) is 2.97. The summed E-state index contributed by atoms with van der Waals surface area (Å²) in [5.41, 5.74) is 3.31. The van der Waals surface area contributed by atoms with Gasteiger partial charge in [0.05, 0.1) is 0 Å². The van der Waals surface area contributed by atoms with Crippen molar-refractivity contribution < 1.29 is 0 Å². The molecule has 2 N–H and O–H groups in total. The number of hydrogen-bond donors (Lipinski definition) is 2. The Balaban J connectivity index is 1.90. The van der Waals surface area contributed by atoms with Crippen molar-refractivity contribution in [1.82, 2.24) is 9.97 Å². The van der Waals surface area contributed by atoms with Gasteiger partial charge < -0.3 is 10.3 Å². The van der Waals surface area contributed by atoms with Crippen LogP contribution in [-0.2, 0) is 5.41 Å². The summed E-state index contributed by atoms with van der Waals surface area (Å²) in [6.45, 7) is 6.51. The van der Waals surface area contributed by atoms with Crippen LogP contribution in [0, 0.1) is 0 Å². The Labute approximate surface area is 119 Å². The second-order valence-electron chi connectivity index (χ2n) is 6.06. The SMILES string of the molecule is CC(C)(C)c1cccc(Nc2ccc3cc[nH]c3c2)n1. The van der Waals surface area contributed by atoms with E-state index in [0.717, 1.165) is 22.7 Å². The number of fused-ring (bicyclic) bond motifs is 1. The summed E-state index contributed by atoms with van der Waals surface area (Å²) in [7, 11) is 0. The molecule has 0 atom stereocenters. The number of pyridine rings is 1. The Morgan fingerprint density at radius 2 is 1.90 bits per heavy atom. The fraction of sp³-hybridized carbons (Fsp3) is 0.235. The highest BCUT2D eigenvalue weighted by molar-refractivity contribution is 5.83. The molecule has 0 aliphatic carbocycles. The molecule has 0 saturated heterocycles. The molecule has 0 amide bonds. The first kappa shape index (κ1) is 12.7. The van der Waals surface area contributed by atoms with E-state index in [0.29, 0.717) is 0 Å². The molecule has 0 spiro atoms. The maximum Gasteiger partial charge on any atom is 0.130 e. The zero-order chi connectivity index (χ0) is 14.2. The van der Waals surface area contributed by atoms with Crippen molar-refractivity contribution in [3.05, 3.63) is 54.4 Å². The quantitative estimate of drug-likeness (QED) is 0.710. The van der Waals surface area contributed by atoms with E-state index in [4.69, 9.17) is 0 Å². The Bertz CT molecular complexity index is 735. The summed E-state index contributed by atoms with van der Waals surface area (Å²) in [5, 5.41) is 4.58. The van der Waals surface area contributed by atoms with Crippen LogP contribution >= 0.6 is 0 Å². The molecule has 3 aromatic rings. The van der Waals surface area contributed by atoms with Crippen LogP contribution in [0.5, 0.6) is 0 Å². The molecule has 3 nitrogen and oxygen atoms in total. The summed E-state index contributed by atoms with van der Waals surface area (Å²) in [6, 6.07) is 14.4. The number of rotatable bonds is 2. The molecule has 0 radical (unpaired) electrons. The highest BCUT2D eigenvalue weighted by Gasteiger charge is 2.15. The predicted octanol–water partition coefficient (Wildman–Crippen LogP) is 4.60. The third-order valence-corrected chi connectivity index (χ3v) is 3.34. The van der Waals surface area contributed by atoms with Gasteiger partial charge in [0.1, 0.15) is 5.82 Å². The van der Waals surface area contributed by atoms with Gasteiger partial charge in [-0.15, -0.1) is 0 Å². The highest BCUT2D eigenvalue weighted by Crippen LogP contribution is 2.24. The molecular weight excluding hydrogens is 246 g/mol. The van der Waals surface area contributed by atoms with E-state index in [-0.39, 0.29) is 5.41 Å². The third-order valence-electron chi connectivity index (χ3n) is 3.34. The second kappa shape index (κ2) is 4.67. The molecule has 0 saturated carbocycles. The van der Waals surface area contributed by atoms with Gasteiger partial charge in [0, 0.05) is 28.5 Å². The van der Waals surface area contributed by atoms with Crippen LogP contribution < -0.4 is 5.32 Å². The van der Waals surface area contributed by atoms with Gasteiger partial charge in [0.2, 0.25) is 0 Å². The fourth-order valence-electron chi connectivity index (χ4n) is 2.20. The first-order valence-electron chi connectivity index (χ1n) is 6.84. The van der Waals surface area contributed by atoms with Gasteiger partial charge in [-0.25, -0.2) is 4.98 Å². The van der Waals surface area contributed by atoms with E-state index >= 15 is 0 Å². The van der Waals surface area contributed by atoms with Gasteiger partial charge in [0.15, 0.2) is 0 Å². The standard InChI is InChI=1S/C17H19N3/c1-17(2,3)15-5-4-6-16(20-15)19-13-8-7-12-9-10-18-14(12)11-13/h4-11,18H,1-3H3,(H,19,20). The van der Waals surface area contributed by atoms with Crippen molar-refractivity contribution in [2.24, 2.45) is 0 Å². The zero-order valence-corrected chi connectivity index (χ0v) is 12.1. The molecule has 1 aromatic carbocycles. The fourth-order valence-corrected chi connectivity index (χ4v) is 2.20. The van der Waals surface area contributed by atoms with Crippen molar-refractivity contribution in [3.63, 3.8) is 0 Å². The zero-order valence-electron chi connectivity index (χ0n) is 12.1. The lowest BCUT2D eigenvalue weighted by Crippen LogP contribution is -2.13. The van der Waals surface area contributed by atoms with Gasteiger partial charge >= 0.3 is 0 Å². The van der Waals surface area contributed by atoms with Crippen LogP contribution in [0.3, 0.4) is 0 Å². The number of benzene rings is 1. The summed E-state index contributed by atoms with van der Waals surface area (Å²) >= 11 is 0. The normalized spacial score (nSPS) is 11.8. The van der Waals surface area contributed by atoms with Gasteiger partial charge in [0.25, 0.3) is 0 Å². The van der Waals surface area contributed by atoms with Crippen LogP contribution in [-0.4, -0.2) is 9.97 Å². The van der Waals surface area contributed by atoms with Crippen molar-refractivity contribution in [2.45, 2.75) is 26.2 Å². The molecule has 2 heterocycles. The van der Waals surface area contributed by atoms with Crippen LogP contribution in [0.1, 0.15) is 26.5 Å². The summed E-state index contributed by atoms with van der Waals surface area (Å²) < 4.78 is 0. The van der Waals surface area contributed by atoms with Gasteiger partial charge in [-0.2, -0.15) is 0 Å². The number of nitrogens with zero attached hydrogens (tertiary/aromatic N) is 1. The minimum absolute atomic E-state index is 0.0566. The van der Waals surface area contributed by atoms with Crippen molar-refractivity contribution >= 4 is 22.4 Å². The third kappa shape index (κ3) is 2.52. The largest absolute Gasteiger partial charge is 0.361 e. The molecule has 0 aliphatic rings. The molecule has 0 unspecified atom stereocenters. The molecule has 3 heteroatoms. The second-order valence-corrected chi connectivity index (χ2v) is 6.06. The Hall–Kier alpha value is -2.29. The predicted molar refractivity (Wildman–Crippen MR) is 84.5 cm³/mol. The van der Waals surface area contributed by atoms with E-state index in [2.05, 4.69) is 66.4 Å². The van der Waals surface area contributed by atoms with Crippen LogP contribution in [0.15, 0.2) is 48.7 Å². The number of nitrogens with one attached hydrogen (secondary N) is 2. The lowest BCUT2D eigenvalue weighted by atomic mass is 9.92. The molecule has 0 fully saturated rings. The maximum atomic E-state index is 4.69. The molecule has 3 rings (SSSR count). The van der Waals surface area contributed by atoms with E-state index in [9.17, 15) is 0 Å². The molecule has 102 valence electrons. The van der Waals surface area contributed by atoms with Gasteiger partial charge in [-0.3, -0.25) is 0 Å². The van der Waals surface area contributed by atoms with Crippen LogP contribution in [0.2, 0.25) is 0 Å². The summed E-state index contributed by atoms with van der Waals surface area (Å²) in [5.74, 6) is 0.878. The monoisotopic (exact) mass is 265 g/mol. The molecule has 0 bridgehead atoms. The van der Waals surface area contributed by atoms with Crippen LogP contribution in [0.25, 0.3) is 10.9 Å². The minimum Gasteiger partial charge on any atom is -0.361 e. The van der Waals surface area contributed by atoms with E-state index < -0.39 is 0 Å². The first-order valence-corrected chi connectivity index (χ1v) is 6.84. The lowest BCUT2D eigenvalue weighted by Gasteiger charge is -2.18. The molecular formula is C17H19N3. The molecule has 0 aliphatic heterocycles. The van der Waals surface area contributed by atoms with Crippen LogP contribution in [0.4, 0.5) is 11.5 Å². The average molecular weight is 265 g/mol.